The molecule has 3 heteroatoms. The molecule has 1 aromatic heterocycles. The summed E-state index contributed by atoms with van der Waals surface area (Å²) in [5.74, 6) is 1.21. The first-order chi connectivity index (χ1) is 5.83. The van der Waals surface area contributed by atoms with Crippen LogP contribution in [0.5, 0.6) is 0 Å². The van der Waals surface area contributed by atoms with Crippen molar-refractivity contribution in [2.45, 2.75) is 26.3 Å². The molecule has 0 saturated heterocycles. The Bertz CT molecular complexity index is 288. The van der Waals surface area contributed by atoms with Gasteiger partial charge < -0.3 is 9.88 Å². The molecule has 0 bridgehead atoms. The van der Waals surface area contributed by atoms with E-state index < -0.39 is 0 Å². The number of imidazole rings is 1. The Morgan fingerprint density at radius 2 is 2.42 bits per heavy atom. The minimum atomic E-state index is 0.948. The van der Waals surface area contributed by atoms with Gasteiger partial charge in [-0.25, -0.2) is 4.98 Å². The molecule has 0 aromatic carbocycles. The van der Waals surface area contributed by atoms with Gasteiger partial charge in [-0.05, 0) is 0 Å². The van der Waals surface area contributed by atoms with Crippen LogP contribution in [0.4, 0.5) is 0 Å². The quantitative estimate of drug-likeness (QED) is 0.661. The van der Waals surface area contributed by atoms with E-state index >= 15 is 0 Å². The Labute approximate surface area is 72.8 Å². The lowest BCUT2D eigenvalue weighted by Gasteiger charge is -2.12. The van der Waals surface area contributed by atoms with Crippen molar-refractivity contribution in [3.63, 3.8) is 0 Å². The van der Waals surface area contributed by atoms with E-state index in [2.05, 4.69) is 28.8 Å². The zero-order valence-electron chi connectivity index (χ0n) is 7.72. The third-order valence-corrected chi connectivity index (χ3v) is 2.54. The van der Waals surface area contributed by atoms with Crippen LogP contribution in [-0.4, -0.2) is 16.1 Å². The molecular formula is C9H15N3. The number of fused-ring (bicyclic) bond motifs is 1. The van der Waals surface area contributed by atoms with Gasteiger partial charge in [0.1, 0.15) is 5.82 Å². The van der Waals surface area contributed by atoms with Gasteiger partial charge in [0.2, 0.25) is 0 Å². The molecule has 3 nitrogen and oxygen atoms in total. The van der Waals surface area contributed by atoms with E-state index in [9.17, 15) is 0 Å². The van der Waals surface area contributed by atoms with Gasteiger partial charge in [-0.3, -0.25) is 0 Å². The summed E-state index contributed by atoms with van der Waals surface area (Å²) in [4.78, 5) is 4.57. The molecule has 2 heterocycles. The lowest BCUT2D eigenvalue weighted by molar-refractivity contribution is 0.610. The van der Waals surface area contributed by atoms with Gasteiger partial charge in [-0.2, -0.15) is 0 Å². The van der Waals surface area contributed by atoms with Gasteiger partial charge in [0.05, 0.1) is 5.69 Å². The molecule has 2 rings (SSSR count). The second kappa shape index (κ2) is 2.90. The van der Waals surface area contributed by atoms with Crippen molar-refractivity contribution in [3.8, 4) is 0 Å². The predicted octanol–water partition coefficient (Wildman–Crippen LogP) is 0.628. The summed E-state index contributed by atoms with van der Waals surface area (Å²) in [5.41, 5.74) is 2.67. The van der Waals surface area contributed by atoms with Gasteiger partial charge in [0.15, 0.2) is 0 Å². The molecule has 0 unspecified atom stereocenters. The highest BCUT2D eigenvalue weighted by atomic mass is 15.1. The monoisotopic (exact) mass is 165 g/mol. The van der Waals surface area contributed by atoms with E-state index in [1.807, 2.05) is 0 Å². The van der Waals surface area contributed by atoms with Crippen LogP contribution in [0.2, 0.25) is 0 Å². The highest BCUT2D eigenvalue weighted by Gasteiger charge is 2.15. The Hall–Kier alpha value is -0.830. The molecular weight excluding hydrogens is 150 g/mol. The minimum Gasteiger partial charge on any atom is -0.335 e. The number of nitrogens with zero attached hydrogens (tertiary/aromatic N) is 2. The average Bonchev–Trinajstić information content (AvgIpc) is 2.44. The molecule has 0 atom stereocenters. The van der Waals surface area contributed by atoms with E-state index in [4.69, 9.17) is 0 Å². The second-order valence-electron chi connectivity index (χ2n) is 3.26. The Balaban J connectivity index is 2.44. The van der Waals surface area contributed by atoms with Crippen molar-refractivity contribution >= 4 is 0 Å². The first-order valence-corrected chi connectivity index (χ1v) is 4.57. The lowest BCUT2D eigenvalue weighted by Crippen LogP contribution is -2.24. The highest BCUT2D eigenvalue weighted by molar-refractivity contribution is 5.19. The molecule has 0 aliphatic carbocycles. The summed E-state index contributed by atoms with van der Waals surface area (Å²) in [6.45, 7) is 4.19. The molecule has 1 N–H and O–H groups in total. The molecule has 1 aliphatic rings. The van der Waals surface area contributed by atoms with Gasteiger partial charge >= 0.3 is 0 Å². The lowest BCUT2D eigenvalue weighted by atomic mass is 10.2. The van der Waals surface area contributed by atoms with Crippen LogP contribution >= 0.6 is 0 Å². The Kier molecular flexibility index (Phi) is 1.89. The van der Waals surface area contributed by atoms with E-state index in [1.54, 1.807) is 0 Å². The summed E-state index contributed by atoms with van der Waals surface area (Å²) < 4.78 is 2.25. The highest BCUT2D eigenvalue weighted by Crippen LogP contribution is 2.14. The van der Waals surface area contributed by atoms with Crippen LogP contribution < -0.4 is 5.32 Å². The molecule has 1 aromatic rings. The summed E-state index contributed by atoms with van der Waals surface area (Å²) >= 11 is 0. The van der Waals surface area contributed by atoms with Crippen LogP contribution in [-0.2, 0) is 26.4 Å². The zero-order valence-corrected chi connectivity index (χ0v) is 7.72. The normalized spacial score (nSPS) is 16.2. The summed E-state index contributed by atoms with van der Waals surface area (Å²) in [7, 11) is 2.12. The standard InChI is InChI=1S/C9H15N3/c1-3-9-11-7-6-10-5-4-8(7)12(9)2/h10H,3-6H2,1-2H3. The number of hydrogen-bond donors (Lipinski definition) is 1. The van der Waals surface area contributed by atoms with Crippen LogP contribution in [0.15, 0.2) is 0 Å². The van der Waals surface area contributed by atoms with Gasteiger partial charge in [0, 0.05) is 38.7 Å². The first kappa shape index (κ1) is 7.80. The van der Waals surface area contributed by atoms with Crippen molar-refractivity contribution in [1.82, 2.24) is 14.9 Å². The third-order valence-electron chi connectivity index (χ3n) is 2.54. The van der Waals surface area contributed by atoms with Gasteiger partial charge in [-0.15, -0.1) is 0 Å². The number of hydrogen-bond acceptors (Lipinski definition) is 2. The van der Waals surface area contributed by atoms with Crippen molar-refractivity contribution in [2.24, 2.45) is 7.05 Å². The minimum absolute atomic E-state index is 0.948. The average molecular weight is 165 g/mol. The molecule has 0 amide bonds. The van der Waals surface area contributed by atoms with E-state index in [0.717, 1.165) is 25.9 Å². The molecule has 0 spiro atoms. The Morgan fingerprint density at radius 3 is 3.08 bits per heavy atom. The maximum absolute atomic E-state index is 4.57. The summed E-state index contributed by atoms with van der Waals surface area (Å²) in [6.07, 6.45) is 2.16. The number of aromatic nitrogens is 2. The maximum Gasteiger partial charge on any atom is 0.108 e. The second-order valence-corrected chi connectivity index (χ2v) is 3.26. The maximum atomic E-state index is 4.57. The van der Waals surface area contributed by atoms with Crippen molar-refractivity contribution in [1.29, 1.82) is 0 Å². The number of rotatable bonds is 1. The summed E-state index contributed by atoms with van der Waals surface area (Å²) in [5, 5.41) is 3.33. The fourth-order valence-electron chi connectivity index (χ4n) is 1.83. The summed E-state index contributed by atoms with van der Waals surface area (Å²) in [6, 6.07) is 0. The Morgan fingerprint density at radius 1 is 1.58 bits per heavy atom. The largest absolute Gasteiger partial charge is 0.335 e. The van der Waals surface area contributed by atoms with E-state index in [0.29, 0.717) is 0 Å². The number of aryl methyl sites for hydroxylation is 1. The smallest absolute Gasteiger partial charge is 0.108 e. The number of nitrogens with one attached hydrogen (secondary N) is 1. The molecule has 12 heavy (non-hydrogen) atoms. The van der Waals surface area contributed by atoms with E-state index in [-0.39, 0.29) is 0 Å². The third kappa shape index (κ3) is 1.05. The van der Waals surface area contributed by atoms with Gasteiger partial charge in [0.25, 0.3) is 0 Å². The molecule has 0 saturated carbocycles. The topological polar surface area (TPSA) is 29.9 Å². The SMILES string of the molecule is CCc1nc2c(n1C)CCNC2. The molecule has 0 radical (unpaired) electrons. The van der Waals surface area contributed by atoms with Crippen LogP contribution in [0.1, 0.15) is 24.1 Å². The van der Waals surface area contributed by atoms with E-state index in [1.165, 1.54) is 17.2 Å². The fraction of sp³-hybridized carbons (Fsp3) is 0.667. The zero-order chi connectivity index (χ0) is 8.55. The van der Waals surface area contributed by atoms with Crippen LogP contribution in [0.25, 0.3) is 0 Å². The van der Waals surface area contributed by atoms with Crippen LogP contribution in [0, 0.1) is 0 Å². The molecule has 0 fully saturated rings. The van der Waals surface area contributed by atoms with Crippen molar-refractivity contribution < 1.29 is 0 Å². The molecule has 66 valence electrons. The predicted molar refractivity (Wildman–Crippen MR) is 48.0 cm³/mol. The fourth-order valence-corrected chi connectivity index (χ4v) is 1.83. The molecule has 1 aliphatic heterocycles. The van der Waals surface area contributed by atoms with Crippen molar-refractivity contribution in [3.05, 3.63) is 17.2 Å². The first-order valence-electron chi connectivity index (χ1n) is 4.57. The van der Waals surface area contributed by atoms with Crippen LogP contribution in [0.3, 0.4) is 0 Å². The van der Waals surface area contributed by atoms with Gasteiger partial charge in [-0.1, -0.05) is 6.92 Å². The van der Waals surface area contributed by atoms with Crippen molar-refractivity contribution in [2.75, 3.05) is 6.54 Å².